The molecule has 17 heteroatoms. The Balaban J connectivity index is 2.09. The summed E-state index contributed by atoms with van der Waals surface area (Å²) < 4.78 is 102. The largest absolute Gasteiger partial charge is 0.435 e. The quantitative estimate of drug-likeness (QED) is 0.440. The molecule has 0 aliphatic heterocycles. The third-order valence-corrected chi connectivity index (χ3v) is 6.58. The van der Waals surface area contributed by atoms with Crippen molar-refractivity contribution in [3.05, 3.63) is 53.2 Å². The molecule has 0 saturated heterocycles. The summed E-state index contributed by atoms with van der Waals surface area (Å²) in [4.78, 5) is 19.7. The summed E-state index contributed by atoms with van der Waals surface area (Å²) in [6.45, 7) is 0.910. The van der Waals surface area contributed by atoms with Crippen molar-refractivity contribution in [1.82, 2.24) is 20.2 Å². The molecule has 1 amide bonds. The number of carbonyl (C=O) groups excluding carboxylic acids is 1. The van der Waals surface area contributed by atoms with Gasteiger partial charge in [-0.1, -0.05) is 6.07 Å². The van der Waals surface area contributed by atoms with Crippen LogP contribution in [0, 0.1) is 17.7 Å². The molecule has 0 bridgehead atoms. The molecule has 0 aliphatic rings. The Labute approximate surface area is 201 Å². The Bertz CT molecular complexity index is 1580. The molecule has 0 saturated carbocycles. The highest BCUT2D eigenvalue weighted by Crippen LogP contribution is 2.35. The van der Waals surface area contributed by atoms with Crippen LogP contribution in [-0.4, -0.2) is 51.2 Å². The van der Waals surface area contributed by atoms with Crippen LogP contribution in [0.15, 0.2) is 40.4 Å². The number of rotatable bonds is 6. The number of alkyl halides is 3. The van der Waals surface area contributed by atoms with E-state index in [2.05, 4.69) is 25.5 Å². The lowest BCUT2D eigenvalue weighted by Crippen LogP contribution is -2.21. The van der Waals surface area contributed by atoms with Gasteiger partial charge in [-0.25, -0.2) is 27.4 Å². The maximum Gasteiger partial charge on any atom is 0.435 e. The minimum Gasteiger partial charge on any atom is -0.414 e. The number of halogens is 4. The zero-order chi connectivity index (χ0) is 27.1. The molecule has 0 aliphatic carbocycles. The van der Waals surface area contributed by atoms with Crippen molar-refractivity contribution in [3.63, 3.8) is 0 Å². The predicted octanol–water partition coefficient (Wildman–Crippen LogP) is 3.22. The van der Waals surface area contributed by atoms with Gasteiger partial charge >= 0.3 is 6.18 Å². The minimum absolute atomic E-state index is 0.0153. The van der Waals surface area contributed by atoms with Gasteiger partial charge in [0.25, 0.3) is 23.6 Å². The molecule has 0 spiro atoms. The van der Waals surface area contributed by atoms with E-state index in [-0.39, 0.29) is 10.6 Å². The Kier molecular flexibility index (Phi) is 7.00. The molecule has 36 heavy (non-hydrogen) atoms. The second-order valence-electron chi connectivity index (χ2n) is 7.36. The van der Waals surface area contributed by atoms with Crippen LogP contribution in [0.2, 0.25) is 0 Å². The predicted molar refractivity (Wildman–Crippen MR) is 116 cm³/mol. The van der Waals surface area contributed by atoms with Crippen molar-refractivity contribution in [3.8, 4) is 11.8 Å². The summed E-state index contributed by atoms with van der Waals surface area (Å²) in [5.41, 5.74) is -3.05. The number of hydrogen-bond acceptors (Lipinski definition) is 10. The van der Waals surface area contributed by atoms with E-state index in [1.807, 2.05) is 0 Å². The van der Waals surface area contributed by atoms with E-state index in [1.54, 1.807) is 0 Å². The fraction of sp³-hybridized carbons (Fsp3) is 0.211. The van der Waals surface area contributed by atoms with E-state index >= 15 is 0 Å². The van der Waals surface area contributed by atoms with Gasteiger partial charge in [-0.15, -0.1) is 10.2 Å². The number of amides is 1. The molecule has 1 atom stereocenters. The van der Waals surface area contributed by atoms with Gasteiger partial charge in [-0.2, -0.15) is 17.6 Å². The number of ether oxygens (including phenoxy) is 1. The molecule has 0 fully saturated rings. The summed E-state index contributed by atoms with van der Waals surface area (Å²) in [5.74, 6) is -4.58. The lowest BCUT2D eigenvalue weighted by atomic mass is 10.1. The zero-order valence-corrected chi connectivity index (χ0v) is 20.2. The monoisotopic (exact) mass is 548 g/mol. The van der Waals surface area contributed by atoms with E-state index in [9.17, 15) is 35.0 Å². The first kappa shape index (κ1) is 26.9. The first-order chi connectivity index (χ1) is 16.5. The molecule has 11 nitrogen and oxygen atoms in total. The Morgan fingerprint density at radius 2 is 1.78 bits per heavy atom. The van der Waals surface area contributed by atoms with E-state index in [1.165, 1.54) is 24.3 Å². The second-order valence-corrected chi connectivity index (χ2v) is 11.5. The van der Waals surface area contributed by atoms with E-state index in [0.29, 0.717) is 6.20 Å². The van der Waals surface area contributed by atoms with Crippen LogP contribution in [-0.2, 0) is 25.7 Å². The van der Waals surface area contributed by atoms with E-state index < -0.39 is 71.2 Å². The van der Waals surface area contributed by atoms with Crippen LogP contribution in [0.1, 0.15) is 21.6 Å². The fourth-order valence-electron chi connectivity index (χ4n) is 2.80. The molecule has 0 radical (unpaired) electrons. The van der Waals surface area contributed by atoms with E-state index in [4.69, 9.17) is 9.52 Å². The lowest BCUT2D eigenvalue weighted by Gasteiger charge is -2.16. The fourth-order valence-corrected chi connectivity index (χ4v) is 3.98. The van der Waals surface area contributed by atoms with Crippen LogP contribution in [0.3, 0.4) is 0 Å². The summed E-state index contributed by atoms with van der Waals surface area (Å²) in [6, 6.07) is 5.25. The number of nitrogens with zero attached hydrogens (tertiary/aromatic N) is 4. The number of aromatic nitrogens is 4. The molecule has 2 heterocycles. The maximum absolute atomic E-state index is 14.3. The van der Waals surface area contributed by atoms with Crippen molar-refractivity contribution in [1.29, 1.82) is 4.78 Å². The molecule has 1 unspecified atom stereocenters. The molecule has 3 rings (SSSR count). The Morgan fingerprint density at radius 3 is 2.33 bits per heavy atom. The average molecular weight is 549 g/mol. The van der Waals surface area contributed by atoms with Gasteiger partial charge in [0, 0.05) is 23.1 Å². The summed E-state index contributed by atoms with van der Waals surface area (Å²) in [5, 5.41) is 7.82. The van der Waals surface area contributed by atoms with Gasteiger partial charge in [0.15, 0.2) is 20.6 Å². The maximum atomic E-state index is 14.3. The summed E-state index contributed by atoms with van der Waals surface area (Å²) >= 11 is 0. The van der Waals surface area contributed by atoms with Gasteiger partial charge in [0.1, 0.15) is 5.56 Å². The highest BCUT2D eigenvalue weighted by Gasteiger charge is 2.38. The average Bonchev–Trinajstić information content (AvgIpc) is 2.73. The number of hydrogen-bond donors (Lipinski definition) is 2. The Morgan fingerprint density at radius 1 is 1.11 bits per heavy atom. The van der Waals surface area contributed by atoms with Crippen LogP contribution >= 0.6 is 0 Å². The van der Waals surface area contributed by atoms with Crippen LogP contribution in [0.4, 0.5) is 23.2 Å². The third-order valence-electron chi connectivity index (χ3n) is 4.47. The molecular formula is C19H16F4N6O5S2. The molecule has 2 aromatic heterocycles. The normalized spacial score (nSPS) is 13.6. The van der Waals surface area contributed by atoms with Gasteiger partial charge in [0.2, 0.25) is 0 Å². The van der Waals surface area contributed by atoms with E-state index in [0.717, 1.165) is 19.4 Å². The van der Waals surface area contributed by atoms with Crippen molar-refractivity contribution < 1.29 is 39.7 Å². The Hall–Kier alpha value is -3.73. The van der Waals surface area contributed by atoms with Crippen molar-refractivity contribution in [2.24, 2.45) is 0 Å². The topological polar surface area (TPSA) is 165 Å². The molecule has 192 valence electrons. The van der Waals surface area contributed by atoms with Gasteiger partial charge in [-0.05, 0) is 30.7 Å². The number of benzene rings is 1. The van der Waals surface area contributed by atoms with Crippen LogP contribution in [0.5, 0.6) is 11.8 Å². The van der Waals surface area contributed by atoms with Gasteiger partial charge in [-0.3, -0.25) is 4.79 Å². The SMILES string of the molecule is Cc1c(C(F)(F)F)nnc(Oc2ncc(S(C)(=O)=O)nc2F)c1C(=O)Nc1cccc(S(C)(=N)=O)c1. The van der Waals surface area contributed by atoms with Crippen LogP contribution < -0.4 is 10.1 Å². The summed E-state index contributed by atoms with van der Waals surface area (Å²) in [7, 11) is -7.11. The van der Waals surface area contributed by atoms with Gasteiger partial charge in [0.05, 0.1) is 15.9 Å². The minimum atomic E-state index is -5.01. The number of sulfone groups is 1. The zero-order valence-electron chi connectivity index (χ0n) is 18.5. The summed E-state index contributed by atoms with van der Waals surface area (Å²) in [6.07, 6.45) is -2.48. The van der Waals surface area contributed by atoms with Crippen molar-refractivity contribution in [2.75, 3.05) is 17.8 Å². The smallest absolute Gasteiger partial charge is 0.414 e. The highest BCUT2D eigenvalue weighted by molar-refractivity contribution is 7.91. The number of anilines is 1. The molecular weight excluding hydrogens is 532 g/mol. The molecule has 3 aromatic rings. The number of nitrogens with one attached hydrogen (secondary N) is 2. The van der Waals surface area contributed by atoms with Gasteiger partial charge < -0.3 is 10.1 Å². The van der Waals surface area contributed by atoms with Crippen molar-refractivity contribution in [2.45, 2.75) is 23.0 Å². The molecule has 1 aromatic carbocycles. The van der Waals surface area contributed by atoms with Crippen LogP contribution in [0.25, 0.3) is 0 Å². The van der Waals surface area contributed by atoms with Crippen molar-refractivity contribution >= 4 is 31.2 Å². The first-order valence-electron chi connectivity index (χ1n) is 9.48. The standard InChI is InChI=1S/C19H16F4N6O5S2/c1-9-13(16(30)26-10-5-4-6-11(7-10)35(2,24)31)17(29-28-14(9)19(21,22)23)34-18-15(20)27-12(8-25-18)36(3,32)33/h4-8,24H,1-3H3,(H,26,30). The number of carbonyl (C=O) groups is 1. The molecule has 2 N–H and O–H groups in total. The first-order valence-corrected chi connectivity index (χ1v) is 13.3. The third kappa shape index (κ3) is 5.91. The highest BCUT2D eigenvalue weighted by atomic mass is 32.2. The second kappa shape index (κ2) is 9.38. The lowest BCUT2D eigenvalue weighted by molar-refractivity contribution is -0.142.